The lowest BCUT2D eigenvalue weighted by Gasteiger charge is -2.34. The molecule has 0 saturated carbocycles. The van der Waals surface area contributed by atoms with Crippen LogP contribution in [0.1, 0.15) is 24.2 Å². The van der Waals surface area contributed by atoms with Crippen molar-refractivity contribution in [3.05, 3.63) is 24.0 Å². The second-order valence-electron chi connectivity index (χ2n) is 4.94. The van der Waals surface area contributed by atoms with Crippen molar-refractivity contribution >= 4 is 5.78 Å². The molecule has 1 fully saturated rings. The van der Waals surface area contributed by atoms with E-state index in [9.17, 15) is 4.79 Å². The Balaban J connectivity index is 1.94. The largest absolute Gasteiger partial charge is 0.373 e. The minimum atomic E-state index is 0.187. The van der Waals surface area contributed by atoms with Crippen molar-refractivity contribution in [3.63, 3.8) is 0 Å². The molecule has 17 heavy (non-hydrogen) atoms. The summed E-state index contributed by atoms with van der Waals surface area (Å²) in [5, 5.41) is 0. The van der Waals surface area contributed by atoms with Crippen LogP contribution in [0.15, 0.2) is 18.5 Å². The van der Waals surface area contributed by atoms with Gasteiger partial charge in [-0.1, -0.05) is 0 Å². The van der Waals surface area contributed by atoms with Crippen molar-refractivity contribution in [1.82, 2.24) is 9.47 Å². The summed E-state index contributed by atoms with van der Waals surface area (Å²) < 4.78 is 7.55. The molecule has 1 aliphatic heterocycles. The van der Waals surface area contributed by atoms with Crippen LogP contribution < -0.4 is 0 Å². The number of ether oxygens (including phenoxy) is 1. The van der Waals surface area contributed by atoms with Gasteiger partial charge in [0, 0.05) is 38.1 Å². The molecule has 0 aliphatic carbocycles. The number of nitrogens with zero attached hydrogens (tertiary/aromatic N) is 2. The van der Waals surface area contributed by atoms with Crippen LogP contribution in [0.4, 0.5) is 0 Å². The molecule has 1 aromatic heterocycles. The zero-order valence-electron chi connectivity index (χ0n) is 10.7. The van der Waals surface area contributed by atoms with Crippen LogP contribution >= 0.6 is 0 Å². The zero-order chi connectivity index (χ0) is 12.4. The van der Waals surface area contributed by atoms with Gasteiger partial charge in [-0.15, -0.1) is 0 Å². The highest BCUT2D eigenvalue weighted by Crippen LogP contribution is 2.11. The molecule has 0 spiro atoms. The smallest absolute Gasteiger partial charge is 0.178 e. The number of carbonyl (C=O) groups excluding carboxylic acids is 1. The van der Waals surface area contributed by atoms with Crippen LogP contribution in [0.5, 0.6) is 0 Å². The Hall–Kier alpha value is -1.13. The number of aryl methyl sites for hydroxylation is 1. The van der Waals surface area contributed by atoms with E-state index >= 15 is 0 Å². The molecule has 0 bridgehead atoms. The van der Waals surface area contributed by atoms with E-state index in [0.717, 1.165) is 18.7 Å². The average molecular weight is 236 g/mol. The predicted molar refractivity (Wildman–Crippen MR) is 66.2 cm³/mol. The number of aromatic nitrogens is 1. The van der Waals surface area contributed by atoms with Crippen molar-refractivity contribution in [3.8, 4) is 0 Å². The molecule has 1 saturated heterocycles. The fourth-order valence-electron chi connectivity index (χ4n) is 2.38. The minimum Gasteiger partial charge on any atom is -0.373 e. The van der Waals surface area contributed by atoms with Crippen molar-refractivity contribution in [2.45, 2.75) is 26.1 Å². The van der Waals surface area contributed by atoms with Crippen LogP contribution in [0.3, 0.4) is 0 Å². The topological polar surface area (TPSA) is 34.5 Å². The fourth-order valence-corrected chi connectivity index (χ4v) is 2.38. The van der Waals surface area contributed by atoms with E-state index in [1.165, 1.54) is 0 Å². The Kier molecular flexibility index (Phi) is 3.64. The number of Topliss-reactive ketones (excluding diaryl/α,β-unsaturated/α-hetero) is 1. The molecule has 94 valence electrons. The van der Waals surface area contributed by atoms with Gasteiger partial charge < -0.3 is 9.30 Å². The molecule has 0 radical (unpaired) electrons. The Morgan fingerprint density at radius 2 is 2.06 bits per heavy atom. The van der Waals surface area contributed by atoms with Crippen molar-refractivity contribution in [2.24, 2.45) is 7.05 Å². The van der Waals surface area contributed by atoms with Crippen LogP contribution in [0, 0.1) is 0 Å². The van der Waals surface area contributed by atoms with Gasteiger partial charge in [-0.05, 0) is 19.9 Å². The minimum absolute atomic E-state index is 0.187. The van der Waals surface area contributed by atoms with Gasteiger partial charge in [-0.3, -0.25) is 9.69 Å². The zero-order valence-corrected chi connectivity index (χ0v) is 10.7. The van der Waals surface area contributed by atoms with Crippen LogP contribution in [0.2, 0.25) is 0 Å². The molecule has 1 aromatic rings. The second-order valence-corrected chi connectivity index (χ2v) is 4.94. The van der Waals surface area contributed by atoms with Crippen molar-refractivity contribution in [1.29, 1.82) is 0 Å². The quantitative estimate of drug-likeness (QED) is 0.742. The third-order valence-electron chi connectivity index (χ3n) is 3.02. The van der Waals surface area contributed by atoms with Gasteiger partial charge >= 0.3 is 0 Å². The summed E-state index contributed by atoms with van der Waals surface area (Å²) >= 11 is 0. The lowest BCUT2D eigenvalue weighted by molar-refractivity contribution is -0.0652. The summed E-state index contributed by atoms with van der Waals surface area (Å²) in [6.07, 6.45) is 4.19. The molecule has 2 atom stereocenters. The number of hydrogen-bond acceptors (Lipinski definition) is 3. The van der Waals surface area contributed by atoms with E-state index in [1.54, 1.807) is 0 Å². The third kappa shape index (κ3) is 3.17. The predicted octanol–water partition coefficient (Wildman–Crippen LogP) is 1.32. The molecule has 0 amide bonds. The van der Waals surface area contributed by atoms with Gasteiger partial charge in [0.1, 0.15) is 0 Å². The summed E-state index contributed by atoms with van der Waals surface area (Å²) in [6, 6.07) is 1.87. The normalized spacial score (nSPS) is 26.1. The maximum atomic E-state index is 12.0. The molecule has 4 nitrogen and oxygen atoms in total. The summed E-state index contributed by atoms with van der Waals surface area (Å²) in [4.78, 5) is 14.2. The Bertz CT molecular complexity index is 390. The second kappa shape index (κ2) is 5.02. The third-order valence-corrected chi connectivity index (χ3v) is 3.02. The molecule has 2 heterocycles. The summed E-state index contributed by atoms with van der Waals surface area (Å²) in [5.41, 5.74) is 0.791. The SMILES string of the molecule is CC1CN(CC(=O)c2ccn(C)c2)CC(C)O1. The Labute approximate surface area is 102 Å². The van der Waals surface area contributed by atoms with Crippen LogP contribution in [0.25, 0.3) is 0 Å². The molecular formula is C13H20N2O2. The highest BCUT2D eigenvalue weighted by molar-refractivity contribution is 5.97. The van der Waals surface area contributed by atoms with Crippen molar-refractivity contribution < 1.29 is 9.53 Å². The van der Waals surface area contributed by atoms with Gasteiger partial charge in [-0.2, -0.15) is 0 Å². The van der Waals surface area contributed by atoms with E-state index in [0.29, 0.717) is 6.54 Å². The first-order valence-corrected chi connectivity index (χ1v) is 6.07. The maximum Gasteiger partial charge on any atom is 0.178 e. The Morgan fingerprint density at radius 1 is 1.41 bits per heavy atom. The first-order valence-electron chi connectivity index (χ1n) is 6.07. The number of rotatable bonds is 3. The molecule has 1 aliphatic rings. The monoisotopic (exact) mass is 236 g/mol. The molecule has 2 unspecified atom stereocenters. The standard InChI is InChI=1S/C13H20N2O2/c1-10-6-15(7-11(2)17-10)9-13(16)12-4-5-14(3)8-12/h4-5,8,10-11H,6-7,9H2,1-3H3. The number of ketones is 1. The lowest BCUT2D eigenvalue weighted by Crippen LogP contribution is -2.47. The molecular weight excluding hydrogens is 216 g/mol. The molecule has 2 rings (SSSR count). The average Bonchev–Trinajstić information content (AvgIpc) is 2.63. The van der Waals surface area contributed by atoms with Gasteiger partial charge in [0.2, 0.25) is 0 Å². The van der Waals surface area contributed by atoms with Crippen molar-refractivity contribution in [2.75, 3.05) is 19.6 Å². The number of morpholine rings is 1. The first-order chi connectivity index (χ1) is 8.04. The van der Waals surface area contributed by atoms with Gasteiger partial charge in [0.25, 0.3) is 0 Å². The van der Waals surface area contributed by atoms with Gasteiger partial charge in [0.05, 0.1) is 18.8 Å². The first kappa shape index (κ1) is 12.3. The fraction of sp³-hybridized carbons (Fsp3) is 0.615. The van der Waals surface area contributed by atoms with E-state index in [1.807, 2.05) is 30.1 Å². The molecule has 0 N–H and O–H groups in total. The Morgan fingerprint density at radius 3 is 2.59 bits per heavy atom. The summed E-state index contributed by atoms with van der Waals surface area (Å²) in [5.74, 6) is 0.187. The highest BCUT2D eigenvalue weighted by atomic mass is 16.5. The van der Waals surface area contributed by atoms with E-state index in [-0.39, 0.29) is 18.0 Å². The number of hydrogen-bond donors (Lipinski definition) is 0. The van der Waals surface area contributed by atoms with Gasteiger partial charge in [0.15, 0.2) is 5.78 Å². The van der Waals surface area contributed by atoms with Crippen LogP contribution in [-0.2, 0) is 11.8 Å². The van der Waals surface area contributed by atoms with E-state index in [4.69, 9.17) is 4.74 Å². The van der Waals surface area contributed by atoms with E-state index in [2.05, 4.69) is 18.7 Å². The summed E-state index contributed by atoms with van der Waals surface area (Å²) in [7, 11) is 1.93. The highest BCUT2D eigenvalue weighted by Gasteiger charge is 2.24. The molecule has 4 heteroatoms. The maximum absolute atomic E-state index is 12.0. The summed E-state index contributed by atoms with van der Waals surface area (Å²) in [6.45, 7) is 6.26. The number of carbonyl (C=O) groups is 1. The molecule has 0 aromatic carbocycles. The van der Waals surface area contributed by atoms with Gasteiger partial charge in [-0.25, -0.2) is 0 Å². The lowest BCUT2D eigenvalue weighted by atomic mass is 10.1. The van der Waals surface area contributed by atoms with E-state index < -0.39 is 0 Å². The van der Waals surface area contributed by atoms with Crippen LogP contribution in [-0.4, -0.2) is 47.1 Å².